The van der Waals surface area contributed by atoms with Crippen LogP contribution in [0, 0.1) is 11.7 Å². The van der Waals surface area contributed by atoms with Crippen LogP contribution in [-0.2, 0) is 0 Å². The van der Waals surface area contributed by atoms with Crippen molar-refractivity contribution in [2.24, 2.45) is 5.92 Å². The molecule has 0 aliphatic carbocycles. The number of rotatable bonds is 2. The third-order valence-electron chi connectivity index (χ3n) is 3.46. The predicted molar refractivity (Wildman–Crippen MR) is 73.4 cm³/mol. The van der Waals surface area contributed by atoms with Crippen LogP contribution >= 0.6 is 27.5 Å². The van der Waals surface area contributed by atoms with Crippen molar-refractivity contribution in [3.63, 3.8) is 0 Å². The van der Waals surface area contributed by atoms with Crippen LogP contribution in [0.4, 0.5) is 4.39 Å². The maximum atomic E-state index is 13.0. The van der Waals surface area contributed by atoms with Crippen LogP contribution in [0.1, 0.15) is 23.7 Å². The van der Waals surface area contributed by atoms with Crippen molar-refractivity contribution in [2.45, 2.75) is 19.4 Å². The number of amides is 1. The van der Waals surface area contributed by atoms with Gasteiger partial charge in [-0.2, -0.15) is 0 Å². The maximum absolute atomic E-state index is 13.0. The van der Waals surface area contributed by atoms with E-state index in [0.717, 1.165) is 6.42 Å². The quantitative estimate of drug-likeness (QED) is 0.756. The van der Waals surface area contributed by atoms with E-state index in [2.05, 4.69) is 22.9 Å². The highest BCUT2D eigenvalue weighted by molar-refractivity contribution is 9.10. The minimum absolute atomic E-state index is 0.0659. The summed E-state index contributed by atoms with van der Waals surface area (Å²) in [5.41, 5.74) is 0.487. The lowest BCUT2D eigenvalue weighted by Gasteiger charge is -2.25. The minimum Gasteiger partial charge on any atom is -0.334 e. The molecule has 0 bridgehead atoms. The number of halogens is 3. The third-order valence-corrected chi connectivity index (χ3v) is 4.44. The summed E-state index contributed by atoms with van der Waals surface area (Å²) in [4.78, 5) is 14.2. The minimum atomic E-state index is -0.359. The molecule has 0 aromatic heterocycles. The van der Waals surface area contributed by atoms with E-state index in [1.807, 2.05) is 0 Å². The van der Waals surface area contributed by atoms with Crippen LogP contribution in [0.3, 0.4) is 0 Å². The van der Waals surface area contributed by atoms with Gasteiger partial charge in [-0.15, -0.1) is 11.6 Å². The molecule has 0 radical (unpaired) electrons. The molecule has 1 saturated heterocycles. The fourth-order valence-electron chi connectivity index (χ4n) is 2.31. The first-order chi connectivity index (χ1) is 8.54. The third kappa shape index (κ3) is 2.54. The van der Waals surface area contributed by atoms with E-state index in [1.54, 1.807) is 4.90 Å². The molecule has 0 N–H and O–H groups in total. The number of likely N-dealkylation sites (tertiary alicyclic amines) is 1. The number of alkyl halides is 1. The van der Waals surface area contributed by atoms with Crippen molar-refractivity contribution in [3.8, 4) is 0 Å². The first kappa shape index (κ1) is 13.8. The van der Waals surface area contributed by atoms with Crippen molar-refractivity contribution in [3.05, 3.63) is 34.1 Å². The van der Waals surface area contributed by atoms with Gasteiger partial charge in [-0.25, -0.2) is 4.39 Å². The fraction of sp³-hybridized carbons (Fsp3) is 0.462. The van der Waals surface area contributed by atoms with Crippen LogP contribution in [-0.4, -0.2) is 29.3 Å². The Kier molecular flexibility index (Phi) is 4.28. The highest BCUT2D eigenvalue weighted by Crippen LogP contribution is 2.28. The van der Waals surface area contributed by atoms with E-state index >= 15 is 0 Å². The van der Waals surface area contributed by atoms with Gasteiger partial charge in [0.05, 0.1) is 5.56 Å². The normalized spacial score (nSPS) is 23.4. The Labute approximate surface area is 119 Å². The van der Waals surface area contributed by atoms with Crippen molar-refractivity contribution in [2.75, 3.05) is 12.4 Å². The summed E-state index contributed by atoms with van der Waals surface area (Å²) in [6.07, 6.45) is 0.960. The van der Waals surface area contributed by atoms with Gasteiger partial charge in [0, 0.05) is 22.9 Å². The average Bonchev–Trinajstić information content (AvgIpc) is 2.69. The second kappa shape index (κ2) is 5.57. The molecule has 98 valence electrons. The predicted octanol–water partition coefficient (Wildman–Crippen LogP) is 3.68. The first-order valence-electron chi connectivity index (χ1n) is 5.86. The first-order valence-corrected chi connectivity index (χ1v) is 7.19. The smallest absolute Gasteiger partial charge is 0.255 e. The second-order valence-corrected chi connectivity index (χ2v) is 5.77. The largest absolute Gasteiger partial charge is 0.334 e. The lowest BCUT2D eigenvalue weighted by molar-refractivity contribution is 0.0736. The number of hydrogen-bond acceptors (Lipinski definition) is 1. The molecule has 1 heterocycles. The molecular formula is C13H14BrClFNO. The molecule has 1 aromatic carbocycles. The van der Waals surface area contributed by atoms with Gasteiger partial charge in [-0.05, 0) is 46.5 Å². The highest BCUT2D eigenvalue weighted by Gasteiger charge is 2.34. The zero-order chi connectivity index (χ0) is 13.3. The van der Waals surface area contributed by atoms with E-state index in [-0.39, 0.29) is 17.8 Å². The molecule has 2 atom stereocenters. The molecule has 2 nitrogen and oxygen atoms in total. The topological polar surface area (TPSA) is 20.3 Å². The maximum Gasteiger partial charge on any atom is 0.255 e. The fourth-order valence-corrected chi connectivity index (χ4v) is 3.30. The molecule has 18 heavy (non-hydrogen) atoms. The van der Waals surface area contributed by atoms with Gasteiger partial charge in [0.25, 0.3) is 5.91 Å². The summed E-state index contributed by atoms with van der Waals surface area (Å²) in [5, 5.41) is 0. The van der Waals surface area contributed by atoms with Crippen molar-refractivity contribution < 1.29 is 9.18 Å². The number of carbonyl (C=O) groups excluding carboxylic acids is 1. The van der Waals surface area contributed by atoms with Crippen molar-refractivity contribution >= 4 is 33.4 Å². The molecule has 5 heteroatoms. The van der Waals surface area contributed by atoms with Crippen LogP contribution in [0.25, 0.3) is 0 Å². The van der Waals surface area contributed by atoms with Gasteiger partial charge in [-0.1, -0.05) is 6.92 Å². The van der Waals surface area contributed by atoms with Gasteiger partial charge < -0.3 is 4.90 Å². The molecule has 1 fully saturated rings. The molecular weight excluding hydrogens is 321 g/mol. The zero-order valence-electron chi connectivity index (χ0n) is 10.00. The number of carbonyl (C=O) groups is 1. The lowest BCUT2D eigenvalue weighted by Crippen LogP contribution is -2.38. The zero-order valence-corrected chi connectivity index (χ0v) is 12.3. The Morgan fingerprint density at radius 3 is 2.94 bits per heavy atom. The van der Waals surface area contributed by atoms with Crippen molar-refractivity contribution in [1.29, 1.82) is 0 Å². The molecule has 2 unspecified atom stereocenters. The molecule has 1 aliphatic rings. The van der Waals surface area contributed by atoms with Crippen LogP contribution in [0.5, 0.6) is 0 Å². The monoisotopic (exact) mass is 333 g/mol. The Balaban J connectivity index is 2.26. The second-order valence-electron chi connectivity index (χ2n) is 4.61. The summed E-state index contributed by atoms with van der Waals surface area (Å²) in [7, 11) is 0. The van der Waals surface area contributed by atoms with Crippen LogP contribution in [0.15, 0.2) is 22.7 Å². The summed E-state index contributed by atoms with van der Waals surface area (Å²) in [6.45, 7) is 2.81. The average molecular weight is 335 g/mol. The lowest BCUT2D eigenvalue weighted by atomic mass is 10.0. The standard InChI is InChI=1S/C13H14BrClFNO/c1-8-4-5-17(12(8)7-15)13(18)10-3-2-9(16)6-11(10)14/h2-3,6,8,12H,4-5,7H2,1H3. The van der Waals surface area contributed by atoms with E-state index in [4.69, 9.17) is 11.6 Å². The van der Waals surface area contributed by atoms with E-state index < -0.39 is 0 Å². The van der Waals surface area contributed by atoms with E-state index in [1.165, 1.54) is 18.2 Å². The van der Waals surface area contributed by atoms with Crippen LogP contribution < -0.4 is 0 Å². The Bertz CT molecular complexity index is 468. The van der Waals surface area contributed by atoms with Gasteiger partial charge in [0.2, 0.25) is 0 Å². The van der Waals surface area contributed by atoms with Crippen molar-refractivity contribution in [1.82, 2.24) is 4.90 Å². The Hall–Kier alpha value is -0.610. The molecule has 0 spiro atoms. The van der Waals surface area contributed by atoms with Gasteiger partial charge in [0.15, 0.2) is 0 Å². The van der Waals surface area contributed by atoms with Gasteiger partial charge in [0.1, 0.15) is 5.82 Å². The summed E-state index contributed by atoms with van der Waals surface area (Å²) < 4.78 is 13.5. The number of benzene rings is 1. The summed E-state index contributed by atoms with van der Waals surface area (Å²) in [6, 6.07) is 4.18. The summed E-state index contributed by atoms with van der Waals surface area (Å²) >= 11 is 9.16. The molecule has 1 amide bonds. The SMILES string of the molecule is CC1CCN(C(=O)c2ccc(F)cc2Br)C1CCl. The molecule has 0 saturated carbocycles. The number of nitrogens with zero attached hydrogens (tertiary/aromatic N) is 1. The Morgan fingerprint density at radius 1 is 1.61 bits per heavy atom. The van der Waals surface area contributed by atoms with Gasteiger partial charge >= 0.3 is 0 Å². The van der Waals surface area contributed by atoms with Gasteiger partial charge in [-0.3, -0.25) is 4.79 Å². The molecule has 1 aromatic rings. The Morgan fingerprint density at radius 2 is 2.33 bits per heavy atom. The van der Waals surface area contributed by atoms with Crippen LogP contribution in [0.2, 0.25) is 0 Å². The summed E-state index contributed by atoms with van der Waals surface area (Å²) in [5.74, 6) is 0.399. The number of hydrogen-bond donors (Lipinski definition) is 0. The van der Waals surface area contributed by atoms with E-state index in [9.17, 15) is 9.18 Å². The van der Waals surface area contributed by atoms with E-state index in [0.29, 0.717) is 28.4 Å². The molecule has 2 rings (SSSR count). The highest BCUT2D eigenvalue weighted by atomic mass is 79.9. The molecule has 1 aliphatic heterocycles.